The molecule has 0 radical (unpaired) electrons. The molecule has 0 fully saturated rings. The molecule has 3 heterocycles. The Hall–Kier alpha value is -2.93. The smallest absolute Gasteiger partial charge is 0.231 e. The van der Waals surface area contributed by atoms with Gasteiger partial charge in [-0.15, -0.1) is 5.10 Å². The minimum absolute atomic E-state index is 0.250. The number of nitrogens with zero attached hydrogens (tertiary/aromatic N) is 4. The molecule has 0 N–H and O–H groups in total. The van der Waals surface area contributed by atoms with Gasteiger partial charge in [0.25, 0.3) is 0 Å². The van der Waals surface area contributed by atoms with E-state index in [2.05, 4.69) is 15.1 Å². The summed E-state index contributed by atoms with van der Waals surface area (Å²) in [5.41, 5.74) is 2.10. The molecule has 0 unspecified atom stereocenters. The lowest BCUT2D eigenvalue weighted by Crippen LogP contribution is -2.05. The van der Waals surface area contributed by atoms with Crippen molar-refractivity contribution in [3.05, 3.63) is 59.9 Å². The Balaban J connectivity index is 1.63. The topological polar surface area (TPSA) is 71.3 Å². The number of rotatable bonds is 6. The first-order valence-corrected chi connectivity index (χ1v) is 8.06. The lowest BCUT2D eigenvalue weighted by molar-refractivity contribution is 0.174. The van der Waals surface area contributed by atoms with E-state index in [1.165, 1.54) is 5.56 Å². The van der Waals surface area contributed by atoms with E-state index >= 15 is 0 Å². The number of ether oxygens (including phenoxy) is 3. The first-order chi connectivity index (χ1) is 12.3. The van der Waals surface area contributed by atoms with Gasteiger partial charge in [-0.05, 0) is 36.2 Å². The summed E-state index contributed by atoms with van der Waals surface area (Å²) in [5.74, 6) is 3.01. The molecule has 0 aliphatic carbocycles. The largest absolute Gasteiger partial charge is 0.454 e. The van der Waals surface area contributed by atoms with Crippen molar-refractivity contribution >= 4 is 0 Å². The molecule has 25 heavy (non-hydrogen) atoms. The van der Waals surface area contributed by atoms with E-state index in [1.54, 1.807) is 19.5 Å². The first kappa shape index (κ1) is 15.6. The molecular weight excluding hydrogens is 320 g/mol. The fourth-order valence-corrected chi connectivity index (χ4v) is 2.77. The van der Waals surface area contributed by atoms with Crippen LogP contribution in [0, 0.1) is 0 Å². The minimum Gasteiger partial charge on any atom is -0.454 e. The number of benzene rings is 1. The Labute approximate surface area is 145 Å². The van der Waals surface area contributed by atoms with Crippen LogP contribution in [0.5, 0.6) is 11.5 Å². The molecule has 1 aromatic carbocycles. The van der Waals surface area contributed by atoms with Gasteiger partial charge in [0, 0.05) is 32.0 Å². The Morgan fingerprint density at radius 3 is 2.76 bits per heavy atom. The maximum absolute atomic E-state index is 5.47. The van der Waals surface area contributed by atoms with Crippen LogP contribution < -0.4 is 9.47 Å². The summed E-state index contributed by atoms with van der Waals surface area (Å²) in [6.45, 7) is 0.625. The molecule has 128 valence electrons. The number of aryl methyl sites for hydroxylation is 2. The SMILES string of the molecule is COCc1nc(CCc2ccncc2)n(-c2ccc3c(c2)OCO3)n1. The highest BCUT2D eigenvalue weighted by molar-refractivity contribution is 5.50. The average molecular weight is 338 g/mol. The van der Waals surface area contributed by atoms with E-state index in [0.29, 0.717) is 12.4 Å². The van der Waals surface area contributed by atoms with Gasteiger partial charge in [-0.25, -0.2) is 9.67 Å². The van der Waals surface area contributed by atoms with Crippen LogP contribution in [-0.4, -0.2) is 33.7 Å². The molecule has 0 amide bonds. The van der Waals surface area contributed by atoms with Gasteiger partial charge < -0.3 is 14.2 Å². The molecule has 0 spiro atoms. The van der Waals surface area contributed by atoms with Crippen LogP contribution in [0.1, 0.15) is 17.2 Å². The standard InChI is InChI=1S/C18H18N4O3/c1-23-11-17-20-18(5-2-13-6-8-19-9-7-13)22(21-17)14-3-4-15-16(10-14)25-12-24-15/h3-4,6-10H,2,5,11-12H2,1H3. The van der Waals surface area contributed by atoms with Crippen LogP contribution in [0.2, 0.25) is 0 Å². The summed E-state index contributed by atoms with van der Waals surface area (Å²) in [6.07, 6.45) is 5.22. The van der Waals surface area contributed by atoms with E-state index in [9.17, 15) is 0 Å². The van der Waals surface area contributed by atoms with E-state index in [4.69, 9.17) is 14.2 Å². The van der Waals surface area contributed by atoms with Gasteiger partial charge in [0.05, 0.1) is 5.69 Å². The van der Waals surface area contributed by atoms with Gasteiger partial charge >= 0.3 is 0 Å². The van der Waals surface area contributed by atoms with Crippen LogP contribution >= 0.6 is 0 Å². The van der Waals surface area contributed by atoms with Crippen molar-refractivity contribution in [3.63, 3.8) is 0 Å². The normalized spacial score (nSPS) is 12.5. The third kappa shape index (κ3) is 3.32. The summed E-state index contributed by atoms with van der Waals surface area (Å²) in [4.78, 5) is 8.68. The van der Waals surface area contributed by atoms with Crippen molar-refractivity contribution in [3.8, 4) is 17.2 Å². The van der Waals surface area contributed by atoms with Crippen molar-refractivity contribution in [2.45, 2.75) is 19.4 Å². The van der Waals surface area contributed by atoms with Crippen LogP contribution in [0.3, 0.4) is 0 Å². The van der Waals surface area contributed by atoms with Crippen molar-refractivity contribution in [1.29, 1.82) is 0 Å². The zero-order chi connectivity index (χ0) is 17.1. The number of fused-ring (bicyclic) bond motifs is 1. The maximum atomic E-state index is 5.47. The van der Waals surface area contributed by atoms with E-state index in [-0.39, 0.29) is 6.79 Å². The van der Waals surface area contributed by atoms with Gasteiger partial charge in [-0.2, -0.15) is 0 Å². The Morgan fingerprint density at radius 1 is 1.08 bits per heavy atom. The van der Waals surface area contributed by atoms with Crippen LogP contribution in [0.25, 0.3) is 5.69 Å². The Kier molecular flexibility index (Phi) is 4.30. The van der Waals surface area contributed by atoms with Crippen LogP contribution in [0.4, 0.5) is 0 Å². The molecule has 2 aromatic heterocycles. The van der Waals surface area contributed by atoms with Gasteiger partial charge in [-0.3, -0.25) is 4.98 Å². The molecule has 0 saturated heterocycles. The van der Waals surface area contributed by atoms with Crippen LogP contribution in [-0.2, 0) is 24.2 Å². The predicted molar refractivity (Wildman–Crippen MR) is 89.8 cm³/mol. The molecule has 3 aromatic rings. The van der Waals surface area contributed by atoms with Gasteiger partial charge in [-0.1, -0.05) is 0 Å². The highest BCUT2D eigenvalue weighted by atomic mass is 16.7. The fraction of sp³-hybridized carbons (Fsp3) is 0.278. The van der Waals surface area contributed by atoms with Crippen molar-refractivity contribution in [1.82, 2.24) is 19.7 Å². The van der Waals surface area contributed by atoms with E-state index in [1.807, 2.05) is 35.0 Å². The maximum Gasteiger partial charge on any atom is 0.231 e. The highest BCUT2D eigenvalue weighted by Gasteiger charge is 2.17. The fourth-order valence-electron chi connectivity index (χ4n) is 2.77. The first-order valence-electron chi connectivity index (χ1n) is 8.06. The third-order valence-electron chi connectivity index (χ3n) is 3.98. The second-order valence-corrected chi connectivity index (χ2v) is 5.68. The molecule has 1 aliphatic heterocycles. The number of hydrogen-bond donors (Lipinski definition) is 0. The number of hydrogen-bond acceptors (Lipinski definition) is 6. The summed E-state index contributed by atoms with van der Waals surface area (Å²) < 4.78 is 17.9. The molecular formula is C18H18N4O3. The summed E-state index contributed by atoms with van der Waals surface area (Å²) >= 11 is 0. The Morgan fingerprint density at radius 2 is 1.92 bits per heavy atom. The van der Waals surface area contributed by atoms with Crippen molar-refractivity contribution in [2.75, 3.05) is 13.9 Å². The van der Waals surface area contributed by atoms with E-state index < -0.39 is 0 Å². The van der Waals surface area contributed by atoms with Crippen molar-refractivity contribution in [2.24, 2.45) is 0 Å². The number of aromatic nitrogens is 4. The second-order valence-electron chi connectivity index (χ2n) is 5.68. The summed E-state index contributed by atoms with van der Waals surface area (Å²) in [6, 6.07) is 9.79. The lowest BCUT2D eigenvalue weighted by atomic mass is 10.1. The molecule has 7 nitrogen and oxygen atoms in total. The molecule has 0 atom stereocenters. The number of pyridine rings is 1. The quantitative estimate of drug-likeness (QED) is 0.687. The lowest BCUT2D eigenvalue weighted by Gasteiger charge is -2.07. The Bertz CT molecular complexity index is 864. The molecule has 4 rings (SSSR count). The molecule has 0 bridgehead atoms. The third-order valence-corrected chi connectivity index (χ3v) is 3.98. The summed E-state index contributed by atoms with van der Waals surface area (Å²) in [7, 11) is 1.64. The average Bonchev–Trinajstić information content (AvgIpc) is 3.27. The molecule has 7 heteroatoms. The predicted octanol–water partition coefficient (Wildman–Crippen LogP) is 2.32. The second kappa shape index (κ2) is 6.90. The van der Waals surface area contributed by atoms with Gasteiger partial charge in [0.2, 0.25) is 6.79 Å². The number of methoxy groups -OCH3 is 1. The van der Waals surface area contributed by atoms with E-state index in [0.717, 1.165) is 35.9 Å². The monoisotopic (exact) mass is 338 g/mol. The minimum atomic E-state index is 0.250. The molecule has 0 saturated carbocycles. The summed E-state index contributed by atoms with van der Waals surface area (Å²) in [5, 5.41) is 4.58. The van der Waals surface area contributed by atoms with Gasteiger partial charge in [0.1, 0.15) is 12.4 Å². The van der Waals surface area contributed by atoms with Crippen molar-refractivity contribution < 1.29 is 14.2 Å². The zero-order valence-electron chi connectivity index (χ0n) is 13.9. The van der Waals surface area contributed by atoms with Gasteiger partial charge in [0.15, 0.2) is 17.3 Å². The van der Waals surface area contributed by atoms with Crippen LogP contribution in [0.15, 0.2) is 42.7 Å². The highest BCUT2D eigenvalue weighted by Crippen LogP contribution is 2.33. The zero-order valence-corrected chi connectivity index (χ0v) is 13.9. The molecule has 1 aliphatic rings.